The SMILES string of the molecule is CCOC(c1ccc(C)cc1F)c1c(C)n(C(C)C)[nH]c1=O.Cc1ccc(Cc2c(C)n(C(C)C)[nH]c2=O)c(F)c1. The van der Waals surface area contributed by atoms with Crippen LogP contribution in [0.15, 0.2) is 46.0 Å². The fourth-order valence-electron chi connectivity index (χ4n) is 4.99. The smallest absolute Gasteiger partial charge is 0.270 e. The van der Waals surface area contributed by atoms with Gasteiger partial charge >= 0.3 is 0 Å². The number of nitrogens with one attached hydrogen (secondary N) is 2. The van der Waals surface area contributed by atoms with Gasteiger partial charge in [-0.15, -0.1) is 0 Å². The second-order valence-electron chi connectivity index (χ2n) is 11.0. The van der Waals surface area contributed by atoms with Gasteiger partial charge in [-0.25, -0.2) is 8.78 Å². The van der Waals surface area contributed by atoms with E-state index in [1.54, 1.807) is 16.8 Å². The minimum atomic E-state index is -0.700. The van der Waals surface area contributed by atoms with E-state index in [0.29, 0.717) is 35.3 Å². The highest BCUT2D eigenvalue weighted by Crippen LogP contribution is 2.29. The van der Waals surface area contributed by atoms with Gasteiger partial charge in [0.25, 0.3) is 11.1 Å². The van der Waals surface area contributed by atoms with Crippen molar-refractivity contribution in [3.63, 3.8) is 0 Å². The molecule has 2 heterocycles. The largest absolute Gasteiger partial charge is 0.369 e. The standard InChI is InChI=1S/C17H23FN2O2.C15H19FN2O/c1-6-22-16(13-8-7-11(4)9-14(13)18)15-12(5)20(10(2)3)19-17(15)21;1-9(2)18-11(4)13(15(19)17-18)8-12-6-5-10(3)7-14(12)16/h7-10,16H,6H2,1-5H3,(H,19,21);5-7,9H,8H2,1-4H3,(H,17,19). The van der Waals surface area contributed by atoms with E-state index in [0.717, 1.165) is 22.5 Å². The molecule has 222 valence electrons. The lowest BCUT2D eigenvalue weighted by Crippen LogP contribution is -2.17. The molecule has 2 aromatic heterocycles. The zero-order valence-electron chi connectivity index (χ0n) is 25.5. The van der Waals surface area contributed by atoms with Gasteiger partial charge in [-0.2, -0.15) is 0 Å². The molecule has 7 nitrogen and oxygen atoms in total. The Hall–Kier alpha value is -3.72. The summed E-state index contributed by atoms with van der Waals surface area (Å²) >= 11 is 0. The topological polar surface area (TPSA) is 84.8 Å². The number of halogens is 2. The monoisotopic (exact) mass is 568 g/mol. The van der Waals surface area contributed by atoms with Gasteiger partial charge in [0.05, 0.1) is 5.56 Å². The minimum absolute atomic E-state index is 0.117. The molecule has 1 unspecified atom stereocenters. The number of hydrogen-bond acceptors (Lipinski definition) is 3. The van der Waals surface area contributed by atoms with Gasteiger partial charge < -0.3 is 4.74 Å². The van der Waals surface area contributed by atoms with Crippen molar-refractivity contribution in [2.24, 2.45) is 0 Å². The zero-order chi connectivity index (χ0) is 30.6. The Balaban J connectivity index is 0.000000228. The van der Waals surface area contributed by atoms with Crippen LogP contribution in [0.4, 0.5) is 8.78 Å². The fourth-order valence-corrected chi connectivity index (χ4v) is 4.99. The molecule has 4 rings (SSSR count). The van der Waals surface area contributed by atoms with Crippen LogP contribution in [0, 0.1) is 39.3 Å². The van der Waals surface area contributed by atoms with Gasteiger partial charge in [-0.1, -0.05) is 24.3 Å². The molecule has 0 saturated carbocycles. The van der Waals surface area contributed by atoms with Crippen LogP contribution < -0.4 is 11.1 Å². The van der Waals surface area contributed by atoms with Crippen LogP contribution in [-0.2, 0) is 11.2 Å². The average molecular weight is 569 g/mol. The molecule has 0 saturated heterocycles. The Kier molecular flexibility index (Phi) is 10.3. The van der Waals surface area contributed by atoms with Crippen molar-refractivity contribution in [2.75, 3.05) is 6.61 Å². The molecule has 2 N–H and O–H groups in total. The molecule has 0 aliphatic rings. The lowest BCUT2D eigenvalue weighted by atomic mass is 10.00. The Morgan fingerprint density at radius 3 is 1.80 bits per heavy atom. The molecule has 9 heteroatoms. The number of aromatic nitrogens is 4. The van der Waals surface area contributed by atoms with E-state index in [4.69, 9.17) is 4.74 Å². The fraction of sp³-hybridized carbons (Fsp3) is 0.438. The van der Waals surface area contributed by atoms with E-state index < -0.39 is 6.10 Å². The molecule has 0 bridgehead atoms. The number of ether oxygens (including phenoxy) is 1. The van der Waals surface area contributed by atoms with E-state index in [2.05, 4.69) is 10.2 Å². The number of rotatable bonds is 8. The van der Waals surface area contributed by atoms with Gasteiger partial charge in [0, 0.05) is 47.6 Å². The molecule has 41 heavy (non-hydrogen) atoms. The molecular formula is C32H42F2N4O3. The van der Waals surface area contributed by atoms with E-state index in [1.807, 2.05) is 79.1 Å². The maximum Gasteiger partial charge on any atom is 0.270 e. The number of nitrogens with zero attached hydrogens (tertiary/aromatic N) is 2. The Labute approximate surface area is 240 Å². The molecular weight excluding hydrogens is 526 g/mol. The molecule has 0 spiro atoms. The van der Waals surface area contributed by atoms with Gasteiger partial charge in [-0.05, 0) is 91.1 Å². The Morgan fingerprint density at radius 1 is 0.780 bits per heavy atom. The summed E-state index contributed by atoms with van der Waals surface area (Å²) in [5.41, 5.74) is 5.06. The van der Waals surface area contributed by atoms with Crippen LogP contribution in [0.5, 0.6) is 0 Å². The summed E-state index contributed by atoms with van der Waals surface area (Å²) in [6.07, 6.45) is -0.373. The number of aryl methyl sites for hydroxylation is 2. The predicted molar refractivity (Wildman–Crippen MR) is 159 cm³/mol. The van der Waals surface area contributed by atoms with Gasteiger partial charge in [0.2, 0.25) is 0 Å². The van der Waals surface area contributed by atoms with Crippen LogP contribution in [0.3, 0.4) is 0 Å². The first kappa shape index (κ1) is 31.8. The molecule has 0 aliphatic heterocycles. The molecule has 4 aromatic rings. The van der Waals surface area contributed by atoms with Gasteiger partial charge in [-0.3, -0.25) is 29.2 Å². The zero-order valence-corrected chi connectivity index (χ0v) is 25.5. The molecule has 0 radical (unpaired) electrons. The first-order valence-corrected chi connectivity index (χ1v) is 14.0. The van der Waals surface area contributed by atoms with Gasteiger partial charge in [0.15, 0.2) is 0 Å². The quantitative estimate of drug-likeness (QED) is 0.247. The summed E-state index contributed by atoms with van der Waals surface area (Å²) in [4.78, 5) is 24.3. The lowest BCUT2D eigenvalue weighted by Gasteiger charge is -2.18. The van der Waals surface area contributed by atoms with Crippen LogP contribution >= 0.6 is 0 Å². The van der Waals surface area contributed by atoms with E-state index in [1.165, 1.54) is 12.1 Å². The summed E-state index contributed by atoms with van der Waals surface area (Å²) in [5, 5.41) is 5.61. The third kappa shape index (κ3) is 7.14. The van der Waals surface area contributed by atoms with E-state index in [-0.39, 0.29) is 34.8 Å². The second kappa shape index (κ2) is 13.3. The number of H-pyrrole nitrogens is 2. The molecule has 2 aromatic carbocycles. The second-order valence-corrected chi connectivity index (χ2v) is 11.0. The third-order valence-electron chi connectivity index (χ3n) is 7.15. The molecule has 0 amide bonds. The lowest BCUT2D eigenvalue weighted by molar-refractivity contribution is 0.0875. The van der Waals surface area contributed by atoms with Crippen molar-refractivity contribution < 1.29 is 13.5 Å². The highest BCUT2D eigenvalue weighted by Gasteiger charge is 2.26. The normalized spacial score (nSPS) is 12.1. The van der Waals surface area contributed by atoms with Crippen LogP contribution in [-0.4, -0.2) is 26.2 Å². The van der Waals surface area contributed by atoms with Crippen LogP contribution in [0.1, 0.15) is 97.6 Å². The number of hydrogen-bond donors (Lipinski definition) is 2. The van der Waals surface area contributed by atoms with Crippen LogP contribution in [0.25, 0.3) is 0 Å². The number of aromatic amines is 2. The third-order valence-corrected chi connectivity index (χ3v) is 7.15. The summed E-state index contributed by atoms with van der Waals surface area (Å²) in [6, 6.07) is 10.4. The van der Waals surface area contributed by atoms with Crippen molar-refractivity contribution in [1.82, 2.24) is 19.6 Å². The highest BCUT2D eigenvalue weighted by atomic mass is 19.1. The maximum atomic E-state index is 14.3. The van der Waals surface area contributed by atoms with E-state index in [9.17, 15) is 18.4 Å². The van der Waals surface area contributed by atoms with Crippen LogP contribution in [0.2, 0.25) is 0 Å². The maximum absolute atomic E-state index is 14.3. The predicted octanol–water partition coefficient (Wildman–Crippen LogP) is 6.74. The Bertz CT molecular complexity index is 1610. The highest BCUT2D eigenvalue weighted by molar-refractivity contribution is 5.34. The molecule has 0 aliphatic carbocycles. The van der Waals surface area contributed by atoms with Crippen molar-refractivity contribution >= 4 is 0 Å². The van der Waals surface area contributed by atoms with Crippen molar-refractivity contribution in [3.05, 3.63) is 114 Å². The van der Waals surface area contributed by atoms with E-state index >= 15 is 0 Å². The van der Waals surface area contributed by atoms with Gasteiger partial charge in [0.1, 0.15) is 17.7 Å². The average Bonchev–Trinajstić information content (AvgIpc) is 3.34. The molecule has 0 fully saturated rings. The first-order chi connectivity index (χ1) is 19.3. The summed E-state index contributed by atoms with van der Waals surface area (Å²) < 4.78 is 37.5. The summed E-state index contributed by atoms with van der Waals surface area (Å²) in [7, 11) is 0. The molecule has 1 atom stereocenters. The van der Waals surface area contributed by atoms with Crippen molar-refractivity contribution in [1.29, 1.82) is 0 Å². The number of benzene rings is 2. The van der Waals surface area contributed by atoms with Crippen molar-refractivity contribution in [2.45, 2.75) is 86.9 Å². The Morgan fingerprint density at radius 2 is 1.32 bits per heavy atom. The van der Waals surface area contributed by atoms with Crippen molar-refractivity contribution in [3.8, 4) is 0 Å². The minimum Gasteiger partial charge on any atom is -0.369 e. The first-order valence-electron chi connectivity index (χ1n) is 14.0. The summed E-state index contributed by atoms with van der Waals surface area (Å²) in [5.74, 6) is -0.606. The summed E-state index contributed by atoms with van der Waals surface area (Å²) in [6.45, 7) is 17.6.